The fourth-order valence-corrected chi connectivity index (χ4v) is 3.52. The summed E-state index contributed by atoms with van der Waals surface area (Å²) in [4.78, 5) is 26.7. The highest BCUT2D eigenvalue weighted by Crippen LogP contribution is 2.34. The van der Waals surface area contributed by atoms with Crippen molar-refractivity contribution in [3.63, 3.8) is 0 Å². The van der Waals surface area contributed by atoms with Gasteiger partial charge in [-0.2, -0.15) is 18.3 Å². The number of amides is 2. The maximum Gasteiger partial charge on any atom is 0.416 e. The van der Waals surface area contributed by atoms with Crippen molar-refractivity contribution in [2.75, 3.05) is 4.90 Å². The van der Waals surface area contributed by atoms with E-state index in [-0.39, 0.29) is 6.54 Å². The van der Waals surface area contributed by atoms with Crippen molar-refractivity contribution < 1.29 is 22.8 Å². The summed E-state index contributed by atoms with van der Waals surface area (Å²) in [6.07, 6.45) is -3.64. The third kappa shape index (κ3) is 3.37. The van der Waals surface area contributed by atoms with Crippen LogP contribution in [0.2, 0.25) is 0 Å². The zero-order valence-corrected chi connectivity index (χ0v) is 15.4. The summed E-state index contributed by atoms with van der Waals surface area (Å²) in [5, 5.41) is 9.06. The summed E-state index contributed by atoms with van der Waals surface area (Å²) in [5.41, 5.74) is 1.05. The van der Waals surface area contributed by atoms with E-state index >= 15 is 0 Å². The molecule has 2 atom stereocenters. The van der Waals surface area contributed by atoms with Crippen LogP contribution in [0.3, 0.4) is 0 Å². The number of carbonyl (C=O) groups excluding carboxylic acids is 2. The molecule has 0 bridgehead atoms. The molecule has 2 aromatic rings. The average Bonchev–Trinajstić information content (AvgIpc) is 3.21. The first kappa shape index (κ1) is 19.1. The van der Waals surface area contributed by atoms with E-state index in [1.165, 1.54) is 17.1 Å². The molecule has 0 aromatic heterocycles. The van der Waals surface area contributed by atoms with E-state index in [0.717, 1.165) is 29.0 Å². The molecule has 0 spiro atoms. The van der Waals surface area contributed by atoms with Crippen molar-refractivity contribution in [2.24, 2.45) is 10.3 Å². The van der Waals surface area contributed by atoms with Crippen molar-refractivity contribution >= 4 is 17.5 Å². The van der Waals surface area contributed by atoms with E-state index in [1.807, 2.05) is 19.1 Å². The van der Waals surface area contributed by atoms with E-state index < -0.39 is 35.6 Å². The Labute approximate surface area is 164 Å². The van der Waals surface area contributed by atoms with Crippen LogP contribution in [0.4, 0.5) is 18.9 Å². The molecule has 0 unspecified atom stereocenters. The number of carbonyl (C=O) groups is 2. The first-order valence-corrected chi connectivity index (χ1v) is 9.10. The van der Waals surface area contributed by atoms with Crippen LogP contribution in [0, 0.1) is 0 Å². The largest absolute Gasteiger partial charge is 0.416 e. The Balaban J connectivity index is 1.57. The van der Waals surface area contributed by atoms with Gasteiger partial charge in [0.25, 0.3) is 11.8 Å². The first-order chi connectivity index (χ1) is 13.8. The third-order valence-electron chi connectivity index (χ3n) is 5.06. The van der Waals surface area contributed by atoms with E-state index in [1.54, 1.807) is 12.1 Å². The number of imide groups is 1. The minimum Gasteiger partial charge on any atom is -0.271 e. The van der Waals surface area contributed by atoms with E-state index in [2.05, 4.69) is 10.3 Å². The number of benzene rings is 2. The summed E-state index contributed by atoms with van der Waals surface area (Å²) >= 11 is 0. The standard InChI is InChI=1S/C20H17F3N4O2/c1-2-12-6-8-15(9-7-12)27-18(28)16-17(19(27)29)26(25-24-16)11-13-4-3-5-14(10-13)20(21,22)23/h3-10,16-17H,2,11H2,1H3/t16-,17-/m1/s1. The lowest BCUT2D eigenvalue weighted by Crippen LogP contribution is -2.39. The molecule has 1 saturated heterocycles. The van der Waals surface area contributed by atoms with Crippen LogP contribution in [0.15, 0.2) is 58.9 Å². The number of fused-ring (bicyclic) bond motifs is 1. The van der Waals surface area contributed by atoms with Crippen molar-refractivity contribution in [1.29, 1.82) is 0 Å². The normalized spacial score (nSPS) is 21.2. The molecule has 2 aromatic carbocycles. The second-order valence-electron chi connectivity index (χ2n) is 6.92. The van der Waals surface area contributed by atoms with Gasteiger partial charge in [0, 0.05) is 0 Å². The smallest absolute Gasteiger partial charge is 0.271 e. The topological polar surface area (TPSA) is 65.3 Å². The first-order valence-electron chi connectivity index (χ1n) is 9.10. The fraction of sp³-hybridized carbons (Fsp3) is 0.300. The highest BCUT2D eigenvalue weighted by atomic mass is 19.4. The zero-order valence-electron chi connectivity index (χ0n) is 15.4. The second kappa shape index (κ2) is 6.98. The SMILES string of the molecule is CCc1ccc(N2C(=O)[C@@H]3N=NN(Cc4cccc(C(F)(F)F)c4)[C@H]3C2=O)cc1. The Morgan fingerprint density at radius 1 is 1.00 bits per heavy atom. The molecule has 29 heavy (non-hydrogen) atoms. The molecule has 2 aliphatic heterocycles. The van der Waals surface area contributed by atoms with E-state index in [9.17, 15) is 22.8 Å². The number of rotatable bonds is 4. The molecule has 150 valence electrons. The Bertz CT molecular complexity index is 988. The van der Waals surface area contributed by atoms with Crippen molar-refractivity contribution in [3.8, 4) is 0 Å². The number of hydrogen-bond acceptors (Lipinski definition) is 5. The predicted octanol–water partition coefficient (Wildman–Crippen LogP) is 3.76. The van der Waals surface area contributed by atoms with Gasteiger partial charge in [0.2, 0.25) is 0 Å². The summed E-state index contributed by atoms with van der Waals surface area (Å²) in [6.45, 7) is 1.94. The summed E-state index contributed by atoms with van der Waals surface area (Å²) in [7, 11) is 0. The van der Waals surface area contributed by atoms with Crippen LogP contribution in [0.25, 0.3) is 0 Å². The predicted molar refractivity (Wildman–Crippen MR) is 97.7 cm³/mol. The molecule has 6 nitrogen and oxygen atoms in total. The number of nitrogens with zero attached hydrogens (tertiary/aromatic N) is 4. The van der Waals surface area contributed by atoms with Crippen LogP contribution in [0.5, 0.6) is 0 Å². The van der Waals surface area contributed by atoms with Gasteiger partial charge in [-0.25, -0.2) is 4.90 Å². The second-order valence-corrected chi connectivity index (χ2v) is 6.92. The van der Waals surface area contributed by atoms with Crippen molar-refractivity contribution in [2.45, 2.75) is 38.1 Å². The van der Waals surface area contributed by atoms with Gasteiger partial charge >= 0.3 is 6.18 Å². The molecule has 9 heteroatoms. The molecule has 2 heterocycles. The Hall–Kier alpha value is -3.23. The molecule has 0 saturated carbocycles. The Morgan fingerprint density at radius 2 is 1.72 bits per heavy atom. The summed E-state index contributed by atoms with van der Waals surface area (Å²) < 4.78 is 38.8. The minimum absolute atomic E-state index is 0.0593. The number of halogens is 3. The maximum absolute atomic E-state index is 12.9. The number of aryl methyl sites for hydroxylation is 1. The lowest BCUT2D eigenvalue weighted by Gasteiger charge is -2.21. The average molecular weight is 402 g/mol. The molecule has 0 aliphatic carbocycles. The van der Waals surface area contributed by atoms with Gasteiger partial charge in [-0.1, -0.05) is 36.4 Å². The highest BCUT2D eigenvalue weighted by molar-refractivity contribution is 6.25. The van der Waals surface area contributed by atoms with Gasteiger partial charge in [-0.3, -0.25) is 14.6 Å². The highest BCUT2D eigenvalue weighted by Gasteiger charge is 2.54. The van der Waals surface area contributed by atoms with Crippen molar-refractivity contribution in [3.05, 3.63) is 65.2 Å². The van der Waals surface area contributed by atoms with Crippen LogP contribution in [-0.2, 0) is 28.7 Å². The molecular weight excluding hydrogens is 385 g/mol. The molecule has 2 amide bonds. The van der Waals surface area contributed by atoms with Gasteiger partial charge < -0.3 is 0 Å². The summed E-state index contributed by atoms with van der Waals surface area (Å²) in [6, 6.07) is 9.93. The molecule has 0 N–H and O–H groups in total. The number of hydrogen-bond donors (Lipinski definition) is 0. The Morgan fingerprint density at radius 3 is 2.38 bits per heavy atom. The maximum atomic E-state index is 12.9. The number of anilines is 1. The molecule has 2 aliphatic rings. The van der Waals surface area contributed by atoms with Crippen molar-refractivity contribution in [1.82, 2.24) is 5.01 Å². The summed E-state index contributed by atoms with van der Waals surface area (Å²) in [5.74, 6) is -0.972. The molecule has 1 fully saturated rings. The third-order valence-corrected chi connectivity index (χ3v) is 5.06. The number of alkyl halides is 3. The van der Waals surface area contributed by atoms with Crippen LogP contribution in [0.1, 0.15) is 23.6 Å². The van der Waals surface area contributed by atoms with Gasteiger partial charge in [-0.15, -0.1) is 0 Å². The minimum atomic E-state index is -4.47. The molecule has 0 radical (unpaired) electrons. The lowest BCUT2D eigenvalue weighted by atomic mass is 10.1. The van der Waals surface area contributed by atoms with Gasteiger partial charge in [0.05, 0.1) is 17.8 Å². The van der Waals surface area contributed by atoms with E-state index in [4.69, 9.17) is 0 Å². The molecule has 4 rings (SSSR count). The van der Waals surface area contributed by atoms with E-state index in [0.29, 0.717) is 11.3 Å². The van der Waals surface area contributed by atoms with Crippen LogP contribution < -0.4 is 4.90 Å². The van der Waals surface area contributed by atoms with Gasteiger partial charge in [0.15, 0.2) is 12.1 Å². The Kier molecular flexibility index (Phi) is 4.60. The quantitative estimate of drug-likeness (QED) is 0.732. The van der Waals surface area contributed by atoms with Crippen LogP contribution >= 0.6 is 0 Å². The van der Waals surface area contributed by atoms with Gasteiger partial charge in [-0.05, 0) is 41.8 Å². The van der Waals surface area contributed by atoms with Gasteiger partial charge in [0.1, 0.15) is 0 Å². The van der Waals surface area contributed by atoms with Crippen LogP contribution in [-0.4, -0.2) is 28.9 Å². The molecular formula is C20H17F3N4O2. The fourth-order valence-electron chi connectivity index (χ4n) is 3.52. The lowest BCUT2D eigenvalue weighted by molar-refractivity contribution is -0.137. The monoisotopic (exact) mass is 402 g/mol. The zero-order chi connectivity index (χ0) is 20.8.